The summed E-state index contributed by atoms with van der Waals surface area (Å²) >= 11 is 0. The summed E-state index contributed by atoms with van der Waals surface area (Å²) in [5.74, 6) is 2.59. The Bertz CT molecular complexity index is 3650. The molecule has 0 amide bonds. The Morgan fingerprint density at radius 1 is 0.155 bits per heavy atom. The van der Waals surface area contributed by atoms with Crippen LogP contribution in [-0.2, 0) is 19.3 Å². The minimum Gasteiger partial charge on any atom is -0.493 e. The zero-order valence-corrected chi connectivity index (χ0v) is 84.1. The normalized spacial score (nSPS) is 11.4. The number of unbranched alkanes of at least 4 members (excludes halogenated alkanes) is 60. The Hall–Kier alpha value is -7.05. The van der Waals surface area contributed by atoms with Crippen molar-refractivity contribution in [1.82, 2.24) is 15.0 Å². The third kappa shape index (κ3) is 55.3. The number of ether oxygens (including phenoxy) is 3. The second-order valence-electron chi connectivity index (χ2n) is 39.1. The highest BCUT2D eigenvalue weighted by atomic mass is 16.5. The number of aryl methyl sites for hydroxylation is 3. The molecule has 0 saturated carbocycles. The van der Waals surface area contributed by atoms with Crippen LogP contribution in [0.1, 0.15) is 482 Å². The summed E-state index contributed by atoms with van der Waals surface area (Å²) in [4.78, 5) is 16.2. The van der Waals surface area contributed by atoms with Crippen LogP contribution in [0, 0.1) is 0 Å². The first-order chi connectivity index (χ1) is 63.8. The van der Waals surface area contributed by atoms with Crippen molar-refractivity contribution in [2.75, 3.05) is 19.8 Å². The van der Waals surface area contributed by atoms with Gasteiger partial charge in [-0.2, -0.15) is 0 Å². The van der Waals surface area contributed by atoms with E-state index in [1.165, 1.54) is 432 Å². The summed E-state index contributed by atoms with van der Waals surface area (Å²) in [7, 11) is 0. The van der Waals surface area contributed by atoms with Crippen molar-refractivity contribution in [2.45, 2.75) is 485 Å². The molecule has 7 aromatic rings. The molecule has 0 fully saturated rings. The van der Waals surface area contributed by atoms with Crippen molar-refractivity contribution in [1.29, 1.82) is 0 Å². The van der Waals surface area contributed by atoms with Crippen molar-refractivity contribution < 1.29 is 14.2 Å². The van der Waals surface area contributed by atoms with Crippen LogP contribution in [-0.4, -0.2) is 34.8 Å². The van der Waals surface area contributed by atoms with Gasteiger partial charge in [0.05, 0.1) is 36.4 Å². The van der Waals surface area contributed by atoms with Gasteiger partial charge in [0, 0.05) is 36.8 Å². The van der Waals surface area contributed by atoms with Crippen LogP contribution in [0.15, 0.2) is 164 Å². The standard InChI is InChI=1S/C123H189N3O3/c1-7-13-19-25-31-37-43-46-49-55-61-67-73-106-85-109-76-77-110-86-107(74-68-62-56-50-47-44-38-32-26-20-14-8-2)89-116(92-110)104-125-119-95-113(98-122(101-119)128-83-71-65-59-53-41-35-29-23-17-11-5)80-81-114-96-120(102-123(99-114)129-84-72-66-60-54-42-36-30-24-18-12-6)126-105-117-90-108(75-69-63-57-51-48-45-39-33-27-21-15-9-3)87-111(93-117)78-79-112-94-118(124-103-115(88-106)91-109)100-121(97-112)127-82-70-64-58-52-40-34-28-22-16-10-4/h76-81,85-105H,7-75,82-84H2,1-6H3. The molecule has 6 aromatic carbocycles. The number of aromatic nitrogens is 3. The van der Waals surface area contributed by atoms with E-state index in [0.717, 1.165) is 110 Å². The van der Waals surface area contributed by atoms with Crippen molar-refractivity contribution in [2.24, 2.45) is 0 Å². The van der Waals surface area contributed by atoms with E-state index in [0.29, 0.717) is 19.8 Å². The Morgan fingerprint density at radius 3 is 0.512 bits per heavy atom. The summed E-state index contributed by atoms with van der Waals surface area (Å²) in [5, 5.41) is 10.1. The van der Waals surface area contributed by atoms with Gasteiger partial charge in [-0.1, -0.05) is 500 Å². The maximum Gasteiger partial charge on any atom is 0.122 e. The summed E-state index contributed by atoms with van der Waals surface area (Å²) in [6.45, 7) is 15.9. The topological polar surface area (TPSA) is 66.4 Å². The van der Waals surface area contributed by atoms with E-state index < -0.39 is 0 Å². The first kappa shape index (κ1) is 109. The SMILES string of the molecule is CCCCCCCCCCCCCCc1cc2ccc3cc(CCCCCCCCCCCCCC)cc(cnc4cc(OCCCCCCCCCCCC)cc(ccc5cc(OCCCCCCCCCCCC)cc(c5)ncc5cc(CCCCCCCCCCCCCC)cc(ccc6cc(OCCCCCCCCCCCC)cc(c6)ncc(c1)c2)c5)c4)c3. The molecule has 0 aliphatic rings. The number of rotatable bonds is 75. The molecule has 0 spiro atoms. The highest BCUT2D eigenvalue weighted by Gasteiger charge is 2.08. The second-order valence-corrected chi connectivity index (χ2v) is 39.1. The third-order valence-corrected chi connectivity index (χ3v) is 26.6. The zero-order chi connectivity index (χ0) is 90.6. The summed E-state index contributed by atoms with van der Waals surface area (Å²) in [6.07, 6.45) is 96.5. The second kappa shape index (κ2) is 75.4. The average molecular weight is 1760 g/mol. The number of hydrogen-bond donors (Lipinski definition) is 0. The Kier molecular flexibility index (Phi) is 63.7. The first-order valence-electron chi connectivity index (χ1n) is 55.2. The van der Waals surface area contributed by atoms with E-state index in [1.54, 1.807) is 0 Å². The maximum atomic E-state index is 6.79. The molecule has 129 heavy (non-hydrogen) atoms. The zero-order valence-electron chi connectivity index (χ0n) is 84.1. The Balaban J connectivity index is 1.37. The van der Waals surface area contributed by atoms with E-state index in [-0.39, 0.29) is 0 Å². The molecule has 1 aromatic heterocycles. The van der Waals surface area contributed by atoms with Gasteiger partial charge in [-0.25, -0.2) is 0 Å². The molecule has 1 heterocycles. The van der Waals surface area contributed by atoms with E-state index in [9.17, 15) is 0 Å². The summed E-state index contributed by atoms with van der Waals surface area (Å²) in [5.41, 5.74) is 6.74. The van der Waals surface area contributed by atoms with Crippen LogP contribution in [0.2, 0.25) is 0 Å². The highest BCUT2D eigenvalue weighted by Crippen LogP contribution is 2.28. The minimum absolute atomic E-state index is 0.680. The highest BCUT2D eigenvalue weighted by molar-refractivity contribution is 5.76. The van der Waals surface area contributed by atoms with E-state index in [1.807, 2.05) is 0 Å². The van der Waals surface area contributed by atoms with Crippen molar-refractivity contribution >= 4 is 65.0 Å². The molecule has 0 aliphatic heterocycles. The van der Waals surface area contributed by atoms with Crippen LogP contribution in [0.3, 0.4) is 0 Å². The predicted octanol–water partition coefficient (Wildman–Crippen LogP) is 40.5. The minimum atomic E-state index is 0.680. The third-order valence-electron chi connectivity index (χ3n) is 26.6. The maximum absolute atomic E-state index is 6.79. The van der Waals surface area contributed by atoms with Crippen LogP contribution < -0.4 is 14.2 Å². The van der Waals surface area contributed by atoms with Gasteiger partial charge < -0.3 is 14.2 Å². The lowest BCUT2D eigenvalue weighted by atomic mass is 10.0. The van der Waals surface area contributed by atoms with E-state index >= 15 is 0 Å². The number of nitrogens with zero attached hydrogens (tertiary/aromatic N) is 3. The van der Waals surface area contributed by atoms with Crippen LogP contribution in [0.25, 0.3) is 65.0 Å². The number of benzene rings is 6. The van der Waals surface area contributed by atoms with E-state index in [2.05, 4.69) is 206 Å². The van der Waals surface area contributed by atoms with Gasteiger partial charge in [-0.15, -0.1) is 0 Å². The Morgan fingerprint density at radius 2 is 0.318 bits per heavy atom. The molecule has 0 unspecified atom stereocenters. The van der Waals surface area contributed by atoms with Gasteiger partial charge in [0.15, 0.2) is 0 Å². The van der Waals surface area contributed by atoms with Gasteiger partial charge in [-0.05, 0) is 178 Å². The molecule has 7 rings (SSSR count). The molecule has 6 nitrogen and oxygen atoms in total. The molecule has 0 N–H and O–H groups in total. The molecular formula is C123H189N3O3. The van der Waals surface area contributed by atoms with Crippen molar-refractivity contribution in [3.05, 3.63) is 181 Å². The van der Waals surface area contributed by atoms with Gasteiger partial charge in [0.1, 0.15) is 17.2 Å². The van der Waals surface area contributed by atoms with Crippen LogP contribution in [0.4, 0.5) is 0 Å². The van der Waals surface area contributed by atoms with Gasteiger partial charge in [0.25, 0.3) is 0 Å². The quantitative estimate of drug-likeness (QED) is 0.0354. The fourth-order valence-electron chi connectivity index (χ4n) is 18.6. The molecule has 0 aliphatic carbocycles. The Labute approximate surface area is 791 Å². The van der Waals surface area contributed by atoms with Crippen LogP contribution in [0.5, 0.6) is 17.2 Å². The largest absolute Gasteiger partial charge is 0.493 e. The lowest BCUT2D eigenvalue weighted by molar-refractivity contribution is 0.304. The molecular weight excluding hydrogens is 1570 g/mol. The van der Waals surface area contributed by atoms with Crippen molar-refractivity contribution in [3.63, 3.8) is 0 Å². The molecule has 0 radical (unpaired) electrons. The summed E-state index contributed by atoms with van der Waals surface area (Å²) in [6, 6.07) is 55.1. The first-order valence-corrected chi connectivity index (χ1v) is 55.2. The molecule has 0 saturated heterocycles. The lowest BCUT2D eigenvalue weighted by Crippen LogP contribution is -1.97. The van der Waals surface area contributed by atoms with Gasteiger partial charge >= 0.3 is 0 Å². The fourth-order valence-corrected chi connectivity index (χ4v) is 18.6. The number of hydrogen-bond acceptors (Lipinski definition) is 6. The van der Waals surface area contributed by atoms with Gasteiger partial charge in [0.2, 0.25) is 0 Å². The summed E-state index contributed by atoms with van der Waals surface area (Å²) < 4.78 is 20.3. The molecule has 714 valence electrons. The smallest absolute Gasteiger partial charge is 0.122 e. The molecule has 0 atom stereocenters. The molecule has 6 heteroatoms. The monoisotopic (exact) mass is 1760 g/mol. The van der Waals surface area contributed by atoms with Gasteiger partial charge in [-0.3, -0.25) is 15.0 Å². The molecule has 12 bridgehead atoms. The number of fused-ring (bicyclic) bond motifs is 12. The van der Waals surface area contributed by atoms with E-state index in [4.69, 9.17) is 29.2 Å². The predicted molar refractivity (Wildman–Crippen MR) is 571 cm³/mol. The van der Waals surface area contributed by atoms with Crippen LogP contribution >= 0.6 is 0 Å². The lowest BCUT2D eigenvalue weighted by Gasteiger charge is -2.07. The van der Waals surface area contributed by atoms with Crippen molar-refractivity contribution in [3.8, 4) is 17.2 Å². The average Bonchev–Trinajstić information content (AvgIpc) is 0.847. The fraction of sp³-hybridized carbons (Fsp3) is 0.634.